The molecule has 0 bridgehead atoms. The quantitative estimate of drug-likeness (QED) is 0.687. The van der Waals surface area contributed by atoms with Crippen molar-refractivity contribution in [2.24, 2.45) is 11.8 Å². The Labute approximate surface area is 153 Å². The minimum Gasteiger partial charge on any atom is -0.392 e. The van der Waals surface area contributed by atoms with Crippen LogP contribution in [-0.4, -0.2) is 17.8 Å². The van der Waals surface area contributed by atoms with Crippen LogP contribution in [0.1, 0.15) is 47.5 Å². The maximum absolute atomic E-state index is 10.0. The molecule has 1 aromatic carbocycles. The predicted molar refractivity (Wildman–Crippen MR) is 109 cm³/mol. The molecule has 136 valence electrons. The van der Waals surface area contributed by atoms with Crippen LogP contribution in [0.2, 0.25) is 0 Å². The maximum Gasteiger partial charge on any atom is 0.0665 e. The molecular formula is C23H33NO. The molecule has 0 amide bonds. The van der Waals surface area contributed by atoms with Gasteiger partial charge in [0.1, 0.15) is 0 Å². The Kier molecular flexibility index (Phi) is 7.07. The van der Waals surface area contributed by atoms with Crippen molar-refractivity contribution in [3.63, 3.8) is 0 Å². The number of rotatable bonds is 7. The van der Waals surface area contributed by atoms with E-state index in [1.165, 1.54) is 17.0 Å². The van der Waals surface area contributed by atoms with Crippen molar-refractivity contribution in [2.45, 2.75) is 53.5 Å². The molecule has 25 heavy (non-hydrogen) atoms. The SMILES string of the molecule is CCC/C=C/C1=C(C(C)C)N(c2ccccc2)C(C(C)C)C(CO)=C1. The lowest BCUT2D eigenvalue weighted by Crippen LogP contribution is -2.44. The zero-order chi connectivity index (χ0) is 18.4. The van der Waals surface area contributed by atoms with Gasteiger partial charge in [-0.15, -0.1) is 0 Å². The number of unbranched alkanes of at least 4 members (excludes halogenated alkanes) is 1. The molecule has 0 saturated carbocycles. The minimum atomic E-state index is 0.0999. The van der Waals surface area contributed by atoms with E-state index in [-0.39, 0.29) is 12.6 Å². The third-order valence-electron chi connectivity index (χ3n) is 4.70. The van der Waals surface area contributed by atoms with Crippen molar-refractivity contribution in [1.29, 1.82) is 0 Å². The van der Waals surface area contributed by atoms with Crippen LogP contribution < -0.4 is 4.90 Å². The van der Waals surface area contributed by atoms with Crippen molar-refractivity contribution in [3.05, 3.63) is 65.4 Å². The first-order valence-electron chi connectivity index (χ1n) is 9.57. The highest BCUT2D eigenvalue weighted by Crippen LogP contribution is 2.38. The normalized spacial score (nSPS) is 18.6. The first-order valence-corrected chi connectivity index (χ1v) is 9.57. The van der Waals surface area contributed by atoms with Crippen LogP contribution in [0.5, 0.6) is 0 Å². The molecule has 0 spiro atoms. The molecule has 2 rings (SSSR count). The Balaban J connectivity index is 2.64. The van der Waals surface area contributed by atoms with E-state index in [4.69, 9.17) is 0 Å². The molecule has 1 unspecified atom stereocenters. The molecule has 1 atom stereocenters. The average Bonchev–Trinajstić information content (AvgIpc) is 2.60. The Hall–Kier alpha value is -1.80. The lowest BCUT2D eigenvalue weighted by atomic mass is 9.85. The van der Waals surface area contributed by atoms with Crippen LogP contribution in [0.4, 0.5) is 5.69 Å². The number of aliphatic hydroxyl groups excluding tert-OH is 1. The molecule has 1 aromatic rings. The Morgan fingerprint density at radius 3 is 2.32 bits per heavy atom. The Bertz CT molecular complexity index is 637. The minimum absolute atomic E-state index is 0.0999. The van der Waals surface area contributed by atoms with E-state index in [0.717, 1.165) is 18.4 Å². The molecule has 2 heteroatoms. The summed E-state index contributed by atoms with van der Waals surface area (Å²) in [5.74, 6) is 0.813. The van der Waals surface area contributed by atoms with Crippen molar-refractivity contribution < 1.29 is 5.11 Å². The van der Waals surface area contributed by atoms with Gasteiger partial charge in [0.15, 0.2) is 0 Å². The maximum atomic E-state index is 10.0. The fourth-order valence-electron chi connectivity index (χ4n) is 3.69. The number of hydrogen-bond donors (Lipinski definition) is 1. The van der Waals surface area contributed by atoms with Gasteiger partial charge in [-0.2, -0.15) is 0 Å². The van der Waals surface area contributed by atoms with Crippen molar-refractivity contribution in [2.75, 3.05) is 11.5 Å². The van der Waals surface area contributed by atoms with Crippen LogP contribution >= 0.6 is 0 Å². The second-order valence-corrected chi connectivity index (χ2v) is 7.46. The van der Waals surface area contributed by atoms with Gasteiger partial charge in [-0.25, -0.2) is 0 Å². The van der Waals surface area contributed by atoms with Gasteiger partial charge in [-0.3, -0.25) is 0 Å². The number of hydrogen-bond acceptors (Lipinski definition) is 2. The molecule has 0 radical (unpaired) electrons. The number of nitrogens with zero attached hydrogens (tertiary/aromatic N) is 1. The summed E-state index contributed by atoms with van der Waals surface area (Å²) in [6.07, 6.45) is 8.93. The Morgan fingerprint density at radius 1 is 1.12 bits per heavy atom. The molecule has 0 aromatic heterocycles. The summed E-state index contributed by atoms with van der Waals surface area (Å²) in [5.41, 5.74) is 4.87. The van der Waals surface area contributed by atoms with E-state index in [1.807, 2.05) is 0 Å². The van der Waals surface area contributed by atoms with Gasteiger partial charge >= 0.3 is 0 Å². The van der Waals surface area contributed by atoms with Crippen LogP contribution in [-0.2, 0) is 0 Å². The second-order valence-electron chi connectivity index (χ2n) is 7.46. The van der Waals surface area contributed by atoms with E-state index < -0.39 is 0 Å². The van der Waals surface area contributed by atoms with Gasteiger partial charge in [-0.1, -0.05) is 71.4 Å². The number of para-hydroxylation sites is 1. The summed E-state index contributed by atoms with van der Waals surface area (Å²) < 4.78 is 0. The second kappa shape index (κ2) is 9.05. The van der Waals surface area contributed by atoms with E-state index in [2.05, 4.69) is 88.1 Å². The van der Waals surface area contributed by atoms with Gasteiger partial charge in [0.05, 0.1) is 12.6 Å². The smallest absolute Gasteiger partial charge is 0.0665 e. The third-order valence-corrected chi connectivity index (χ3v) is 4.70. The van der Waals surface area contributed by atoms with Crippen LogP contribution in [0.15, 0.2) is 65.4 Å². The molecule has 2 nitrogen and oxygen atoms in total. The summed E-state index contributed by atoms with van der Waals surface area (Å²) in [7, 11) is 0. The third kappa shape index (κ3) is 4.43. The van der Waals surface area contributed by atoms with Crippen LogP contribution in [0.25, 0.3) is 0 Å². The zero-order valence-electron chi connectivity index (χ0n) is 16.4. The number of allylic oxidation sites excluding steroid dienone is 5. The number of anilines is 1. The van der Waals surface area contributed by atoms with Gasteiger partial charge in [-0.05, 0) is 47.6 Å². The number of aliphatic hydroxyl groups is 1. The molecule has 1 aliphatic heterocycles. The van der Waals surface area contributed by atoms with Crippen LogP contribution in [0, 0.1) is 11.8 Å². The van der Waals surface area contributed by atoms with Gasteiger partial charge in [0, 0.05) is 11.4 Å². The predicted octanol–water partition coefficient (Wildman–Crippen LogP) is 5.72. The van der Waals surface area contributed by atoms with Gasteiger partial charge in [0.25, 0.3) is 0 Å². The fraction of sp³-hybridized carbons (Fsp3) is 0.478. The van der Waals surface area contributed by atoms with Crippen molar-refractivity contribution >= 4 is 5.69 Å². The Morgan fingerprint density at radius 2 is 1.80 bits per heavy atom. The van der Waals surface area contributed by atoms with E-state index in [9.17, 15) is 5.11 Å². The zero-order valence-corrected chi connectivity index (χ0v) is 16.4. The summed E-state index contributed by atoms with van der Waals surface area (Å²) >= 11 is 0. The van der Waals surface area contributed by atoms with Crippen molar-refractivity contribution in [3.8, 4) is 0 Å². The summed E-state index contributed by atoms with van der Waals surface area (Å²) in [4.78, 5) is 2.45. The monoisotopic (exact) mass is 339 g/mol. The highest BCUT2D eigenvalue weighted by Gasteiger charge is 2.33. The van der Waals surface area contributed by atoms with Crippen LogP contribution in [0.3, 0.4) is 0 Å². The standard InChI is InChI=1S/C23H33NO/c1-6-7-9-12-19-15-20(16-25)23(18(4)5)24(22(19)17(2)3)21-13-10-8-11-14-21/h8-15,17-18,23,25H,6-7,16H2,1-5H3/b12-9+. The topological polar surface area (TPSA) is 23.5 Å². The fourth-order valence-corrected chi connectivity index (χ4v) is 3.69. The molecule has 0 saturated heterocycles. The van der Waals surface area contributed by atoms with Gasteiger partial charge < -0.3 is 10.0 Å². The highest BCUT2D eigenvalue weighted by atomic mass is 16.3. The highest BCUT2D eigenvalue weighted by molar-refractivity contribution is 5.62. The molecule has 1 N–H and O–H groups in total. The first-order chi connectivity index (χ1) is 12.0. The van der Waals surface area contributed by atoms with Crippen molar-refractivity contribution in [1.82, 2.24) is 0 Å². The summed E-state index contributed by atoms with van der Waals surface area (Å²) in [6, 6.07) is 10.8. The average molecular weight is 340 g/mol. The summed E-state index contributed by atoms with van der Waals surface area (Å²) in [6.45, 7) is 11.3. The molecule has 1 heterocycles. The molecule has 1 aliphatic rings. The number of benzene rings is 1. The lowest BCUT2D eigenvalue weighted by Gasteiger charge is -2.44. The largest absolute Gasteiger partial charge is 0.392 e. The molecular weight excluding hydrogens is 306 g/mol. The lowest BCUT2D eigenvalue weighted by molar-refractivity contribution is 0.310. The van der Waals surface area contributed by atoms with E-state index in [1.54, 1.807) is 0 Å². The molecule has 0 aliphatic carbocycles. The summed E-state index contributed by atoms with van der Waals surface area (Å²) in [5, 5.41) is 10.0. The first kappa shape index (κ1) is 19.5. The molecule has 0 fully saturated rings. The van der Waals surface area contributed by atoms with Gasteiger partial charge in [0.2, 0.25) is 0 Å². The van der Waals surface area contributed by atoms with E-state index in [0.29, 0.717) is 11.8 Å². The van der Waals surface area contributed by atoms with E-state index >= 15 is 0 Å².